The Morgan fingerprint density at radius 2 is 1.71 bits per heavy atom. The van der Waals surface area contributed by atoms with E-state index >= 15 is 0 Å². The Balaban J connectivity index is 0. The summed E-state index contributed by atoms with van der Waals surface area (Å²) in [6.07, 6.45) is 0.932. The van der Waals surface area contributed by atoms with Gasteiger partial charge in [0.05, 0.1) is 6.61 Å². The molecular formula is C11H25NO2. The fourth-order valence-electron chi connectivity index (χ4n) is 1.04. The molecule has 3 heteroatoms. The minimum absolute atomic E-state index is 0.186. The van der Waals surface area contributed by atoms with E-state index in [-0.39, 0.29) is 5.97 Å². The van der Waals surface area contributed by atoms with E-state index in [1.807, 2.05) is 13.8 Å². The van der Waals surface area contributed by atoms with Crippen molar-refractivity contribution in [1.82, 2.24) is 4.90 Å². The number of carbonyl (C=O) groups excluding carboxylic acids is 1. The lowest BCUT2D eigenvalue weighted by atomic mass is 10.4. The number of esters is 1. The highest BCUT2D eigenvalue weighted by Gasteiger charge is 1.98. The topological polar surface area (TPSA) is 29.5 Å². The maximum atomic E-state index is 10.4. The van der Waals surface area contributed by atoms with Gasteiger partial charge in [0, 0.05) is 13.5 Å². The first-order valence-electron chi connectivity index (χ1n) is 5.56. The number of ether oxygens (including phenoxy) is 1. The quantitative estimate of drug-likeness (QED) is 0.490. The van der Waals surface area contributed by atoms with Crippen LogP contribution in [0.5, 0.6) is 0 Å². The van der Waals surface area contributed by atoms with E-state index in [2.05, 4.69) is 18.7 Å². The maximum absolute atomic E-state index is 10.4. The highest BCUT2D eigenvalue weighted by atomic mass is 16.5. The molecule has 86 valence electrons. The SMILES string of the molecule is CC.CCN(CC)CCCOC(C)=O. The van der Waals surface area contributed by atoms with Gasteiger partial charge in [0.15, 0.2) is 0 Å². The van der Waals surface area contributed by atoms with Crippen molar-refractivity contribution in [3.63, 3.8) is 0 Å². The smallest absolute Gasteiger partial charge is 0.302 e. The normalized spacial score (nSPS) is 9.29. The highest BCUT2D eigenvalue weighted by Crippen LogP contribution is 1.91. The third-order valence-electron chi connectivity index (χ3n) is 1.82. The fraction of sp³-hybridized carbons (Fsp3) is 0.909. The summed E-state index contributed by atoms with van der Waals surface area (Å²) < 4.78 is 4.82. The van der Waals surface area contributed by atoms with Gasteiger partial charge in [-0.2, -0.15) is 0 Å². The van der Waals surface area contributed by atoms with Crippen LogP contribution in [-0.4, -0.2) is 37.1 Å². The number of hydrogen-bond acceptors (Lipinski definition) is 3. The molecule has 0 spiro atoms. The number of nitrogens with zero attached hydrogens (tertiary/aromatic N) is 1. The molecule has 0 radical (unpaired) electrons. The van der Waals surface area contributed by atoms with Gasteiger partial charge >= 0.3 is 5.97 Å². The molecule has 0 fully saturated rings. The van der Waals surface area contributed by atoms with Crippen LogP contribution in [-0.2, 0) is 9.53 Å². The zero-order valence-corrected chi connectivity index (χ0v) is 10.3. The molecule has 0 unspecified atom stereocenters. The van der Waals surface area contributed by atoms with Gasteiger partial charge in [-0.15, -0.1) is 0 Å². The van der Waals surface area contributed by atoms with E-state index in [0.29, 0.717) is 6.61 Å². The van der Waals surface area contributed by atoms with Crippen molar-refractivity contribution >= 4 is 5.97 Å². The second kappa shape index (κ2) is 12.4. The summed E-state index contributed by atoms with van der Waals surface area (Å²) in [5, 5.41) is 0. The van der Waals surface area contributed by atoms with Gasteiger partial charge in [0.25, 0.3) is 0 Å². The summed E-state index contributed by atoms with van der Waals surface area (Å²) in [6, 6.07) is 0. The van der Waals surface area contributed by atoms with Crippen LogP contribution < -0.4 is 0 Å². The van der Waals surface area contributed by atoms with E-state index in [1.54, 1.807) is 0 Å². The number of hydrogen-bond donors (Lipinski definition) is 0. The molecular weight excluding hydrogens is 178 g/mol. The molecule has 14 heavy (non-hydrogen) atoms. The molecule has 0 aliphatic rings. The lowest BCUT2D eigenvalue weighted by molar-refractivity contribution is -0.141. The predicted octanol–water partition coefficient (Wildman–Crippen LogP) is 2.31. The lowest BCUT2D eigenvalue weighted by Crippen LogP contribution is -2.25. The van der Waals surface area contributed by atoms with Crippen LogP contribution in [0.1, 0.15) is 41.0 Å². The van der Waals surface area contributed by atoms with Crippen molar-refractivity contribution in [2.75, 3.05) is 26.2 Å². The van der Waals surface area contributed by atoms with Crippen LogP contribution in [0, 0.1) is 0 Å². The summed E-state index contributed by atoms with van der Waals surface area (Å²) in [6.45, 7) is 13.4. The largest absolute Gasteiger partial charge is 0.466 e. The van der Waals surface area contributed by atoms with Gasteiger partial charge < -0.3 is 9.64 Å². The summed E-state index contributed by atoms with van der Waals surface area (Å²) in [5.74, 6) is -0.186. The molecule has 0 bridgehead atoms. The molecule has 0 amide bonds. The van der Waals surface area contributed by atoms with Gasteiger partial charge in [-0.1, -0.05) is 27.7 Å². The van der Waals surface area contributed by atoms with Gasteiger partial charge in [-0.3, -0.25) is 4.79 Å². The van der Waals surface area contributed by atoms with E-state index in [0.717, 1.165) is 26.1 Å². The summed E-state index contributed by atoms with van der Waals surface area (Å²) in [7, 11) is 0. The van der Waals surface area contributed by atoms with Crippen LogP contribution in [0.25, 0.3) is 0 Å². The average Bonchev–Trinajstić information content (AvgIpc) is 2.21. The Morgan fingerprint density at radius 3 is 2.07 bits per heavy atom. The van der Waals surface area contributed by atoms with E-state index in [1.165, 1.54) is 6.92 Å². The van der Waals surface area contributed by atoms with Crippen molar-refractivity contribution < 1.29 is 9.53 Å². The Hall–Kier alpha value is -0.570. The second-order valence-corrected chi connectivity index (χ2v) is 2.72. The molecule has 0 heterocycles. The Morgan fingerprint density at radius 1 is 1.21 bits per heavy atom. The standard InChI is InChI=1S/C9H19NO2.C2H6/c1-4-10(5-2)7-6-8-12-9(3)11;1-2/h4-8H2,1-3H3;1-2H3. The van der Waals surface area contributed by atoms with Crippen molar-refractivity contribution in [3.8, 4) is 0 Å². The Bertz CT molecular complexity index is 122. The zero-order valence-electron chi connectivity index (χ0n) is 10.3. The van der Waals surface area contributed by atoms with Crippen molar-refractivity contribution in [3.05, 3.63) is 0 Å². The third kappa shape index (κ3) is 11.4. The Labute approximate surface area is 88.4 Å². The molecule has 0 saturated carbocycles. The molecule has 0 rings (SSSR count). The highest BCUT2D eigenvalue weighted by molar-refractivity contribution is 5.65. The summed E-state index contributed by atoms with van der Waals surface area (Å²) in [5.41, 5.74) is 0. The third-order valence-corrected chi connectivity index (χ3v) is 1.82. The second-order valence-electron chi connectivity index (χ2n) is 2.72. The van der Waals surface area contributed by atoms with Crippen molar-refractivity contribution in [2.24, 2.45) is 0 Å². The van der Waals surface area contributed by atoms with E-state index in [9.17, 15) is 4.79 Å². The molecule has 0 aromatic rings. The minimum atomic E-state index is -0.186. The van der Waals surface area contributed by atoms with E-state index in [4.69, 9.17) is 4.74 Å². The molecule has 0 atom stereocenters. The minimum Gasteiger partial charge on any atom is -0.466 e. The number of carbonyl (C=O) groups is 1. The molecule has 0 saturated heterocycles. The Kier molecular flexibility index (Phi) is 14.1. The fourth-order valence-corrected chi connectivity index (χ4v) is 1.04. The average molecular weight is 203 g/mol. The monoisotopic (exact) mass is 203 g/mol. The molecule has 0 aromatic heterocycles. The predicted molar refractivity (Wildman–Crippen MR) is 60.4 cm³/mol. The summed E-state index contributed by atoms with van der Waals surface area (Å²) >= 11 is 0. The molecule has 0 aliphatic heterocycles. The van der Waals surface area contributed by atoms with Gasteiger partial charge in [0.1, 0.15) is 0 Å². The zero-order chi connectivity index (χ0) is 11.4. The first-order chi connectivity index (χ1) is 6.70. The van der Waals surface area contributed by atoms with Gasteiger partial charge in [-0.25, -0.2) is 0 Å². The molecule has 0 aromatic carbocycles. The van der Waals surface area contributed by atoms with Crippen LogP contribution in [0.3, 0.4) is 0 Å². The van der Waals surface area contributed by atoms with Crippen LogP contribution >= 0.6 is 0 Å². The van der Waals surface area contributed by atoms with Crippen LogP contribution in [0.2, 0.25) is 0 Å². The first-order valence-corrected chi connectivity index (χ1v) is 5.56. The lowest BCUT2D eigenvalue weighted by Gasteiger charge is -2.17. The van der Waals surface area contributed by atoms with E-state index < -0.39 is 0 Å². The van der Waals surface area contributed by atoms with Crippen molar-refractivity contribution in [1.29, 1.82) is 0 Å². The van der Waals surface area contributed by atoms with Crippen LogP contribution in [0.4, 0.5) is 0 Å². The number of rotatable bonds is 6. The molecule has 0 N–H and O–H groups in total. The van der Waals surface area contributed by atoms with Crippen LogP contribution in [0.15, 0.2) is 0 Å². The molecule has 3 nitrogen and oxygen atoms in total. The van der Waals surface area contributed by atoms with Gasteiger partial charge in [0.2, 0.25) is 0 Å². The summed E-state index contributed by atoms with van der Waals surface area (Å²) in [4.78, 5) is 12.7. The molecule has 0 aliphatic carbocycles. The first kappa shape index (κ1) is 15.9. The maximum Gasteiger partial charge on any atom is 0.302 e. The van der Waals surface area contributed by atoms with Crippen molar-refractivity contribution in [2.45, 2.75) is 41.0 Å². The van der Waals surface area contributed by atoms with Gasteiger partial charge in [-0.05, 0) is 19.5 Å².